The van der Waals surface area contributed by atoms with Gasteiger partial charge in [0.05, 0.1) is 5.60 Å². The van der Waals surface area contributed by atoms with Crippen molar-refractivity contribution in [2.24, 2.45) is 16.7 Å². The maximum atomic E-state index is 12.4. The Balaban J connectivity index is 1.62. The van der Waals surface area contributed by atoms with Crippen LogP contribution < -0.4 is 4.74 Å². The van der Waals surface area contributed by atoms with Gasteiger partial charge >= 0.3 is 0 Å². The molecule has 7 atom stereocenters. The number of nitrogens with zero attached hydrogens (tertiary/aromatic N) is 1. The van der Waals surface area contributed by atoms with E-state index < -0.39 is 22.7 Å². The van der Waals surface area contributed by atoms with Gasteiger partial charge in [-0.25, -0.2) is 0 Å². The molecular weight excluding hydrogens is 402 g/mol. The predicted molar refractivity (Wildman–Crippen MR) is 123 cm³/mol. The van der Waals surface area contributed by atoms with E-state index in [0.717, 1.165) is 44.3 Å². The highest BCUT2D eigenvalue weighted by molar-refractivity contribution is 5.63. The van der Waals surface area contributed by atoms with Gasteiger partial charge in [-0.05, 0) is 62.6 Å². The van der Waals surface area contributed by atoms with Crippen molar-refractivity contribution in [1.29, 1.82) is 0 Å². The van der Waals surface area contributed by atoms with Crippen LogP contribution in [0.2, 0.25) is 0 Å². The molecule has 1 aromatic carbocycles. The Morgan fingerprint density at radius 2 is 1.97 bits per heavy atom. The van der Waals surface area contributed by atoms with Crippen LogP contribution in [0.1, 0.15) is 64.5 Å². The zero-order valence-electron chi connectivity index (χ0n) is 19.8. The van der Waals surface area contributed by atoms with Crippen molar-refractivity contribution >= 4 is 0 Å². The zero-order valence-corrected chi connectivity index (χ0v) is 19.8. The minimum Gasteiger partial charge on any atom is -0.504 e. The molecule has 2 spiro atoms. The first-order valence-electron chi connectivity index (χ1n) is 12.3. The first-order valence-corrected chi connectivity index (χ1v) is 12.3. The second kappa shape index (κ2) is 5.92. The van der Waals surface area contributed by atoms with E-state index in [2.05, 4.69) is 38.3 Å². The van der Waals surface area contributed by atoms with E-state index in [1.165, 1.54) is 5.56 Å². The van der Waals surface area contributed by atoms with Crippen LogP contribution in [0, 0.1) is 16.7 Å². The molecule has 2 aliphatic heterocycles. The fraction of sp³-hybridized carbons (Fsp3) is 0.704. The average molecular weight is 440 g/mol. The van der Waals surface area contributed by atoms with Gasteiger partial charge in [0.2, 0.25) is 0 Å². The van der Waals surface area contributed by atoms with Gasteiger partial charge in [0, 0.05) is 34.9 Å². The van der Waals surface area contributed by atoms with Crippen LogP contribution >= 0.6 is 0 Å². The van der Waals surface area contributed by atoms with Crippen molar-refractivity contribution in [2.45, 2.75) is 88.6 Å². The minimum atomic E-state index is -1.14. The van der Waals surface area contributed by atoms with Crippen LogP contribution in [0.15, 0.2) is 24.8 Å². The summed E-state index contributed by atoms with van der Waals surface area (Å²) in [5.74, 6) is 0.465. The zero-order chi connectivity index (χ0) is 22.9. The number of fused-ring (bicyclic) bond motifs is 2. The van der Waals surface area contributed by atoms with Gasteiger partial charge in [0.15, 0.2) is 11.5 Å². The average Bonchev–Trinajstić information content (AvgIpc) is 3.08. The fourth-order valence-electron chi connectivity index (χ4n) is 8.79. The highest BCUT2D eigenvalue weighted by Crippen LogP contribution is 2.77. The van der Waals surface area contributed by atoms with Crippen molar-refractivity contribution in [1.82, 2.24) is 4.90 Å². The largest absolute Gasteiger partial charge is 0.504 e. The van der Waals surface area contributed by atoms with E-state index in [1.54, 1.807) is 6.07 Å². The van der Waals surface area contributed by atoms with E-state index in [0.29, 0.717) is 18.2 Å². The van der Waals surface area contributed by atoms with Gasteiger partial charge in [-0.2, -0.15) is 0 Å². The van der Waals surface area contributed by atoms with Crippen LogP contribution in [0.25, 0.3) is 0 Å². The Morgan fingerprint density at radius 1 is 1.22 bits per heavy atom. The number of aromatic hydroxyl groups is 1. The molecule has 0 radical (unpaired) electrons. The molecule has 4 aliphatic carbocycles. The molecule has 5 nitrogen and oxygen atoms in total. The lowest BCUT2D eigenvalue weighted by Gasteiger charge is -2.74. The number of piperidine rings is 1. The molecule has 2 heterocycles. The fourth-order valence-corrected chi connectivity index (χ4v) is 8.79. The third kappa shape index (κ3) is 2.04. The molecular formula is C27H37NO4. The monoisotopic (exact) mass is 439 g/mol. The number of benzene rings is 1. The maximum Gasteiger partial charge on any atom is 0.165 e. The van der Waals surface area contributed by atoms with E-state index >= 15 is 0 Å². The van der Waals surface area contributed by atoms with Gasteiger partial charge in [-0.3, -0.25) is 4.90 Å². The molecule has 32 heavy (non-hydrogen) atoms. The minimum absolute atomic E-state index is 0.102. The number of phenolic OH excluding ortho intramolecular Hbond substituents is 1. The second-order valence-corrected chi connectivity index (χ2v) is 12.5. The molecule has 1 saturated heterocycles. The predicted octanol–water partition coefficient (Wildman–Crippen LogP) is 3.54. The Hall–Kier alpha value is -1.56. The molecule has 5 heteroatoms. The first kappa shape index (κ1) is 21.0. The lowest BCUT2D eigenvalue weighted by atomic mass is 9.33. The number of phenols is 1. The third-order valence-corrected chi connectivity index (χ3v) is 10.7. The summed E-state index contributed by atoms with van der Waals surface area (Å²) in [5.41, 5.74) is -0.593. The standard InChI is InChI=1S/C27H37NO4/c1-6-12-28-13-11-26-20-16-7-8-17(29)21(20)32-22(26)27(31)10-9-25(26,19(28)14-16)15-18(27)24(5,30)23(2,3)4/h6-8,18-19,22,29-31H,1,9-15H2,2-5H3/t18-,19?,22+,24-,25?,26-,27+/m0/s1. The lowest BCUT2D eigenvalue weighted by Crippen LogP contribution is -2.82. The van der Waals surface area contributed by atoms with Crippen molar-refractivity contribution in [3.8, 4) is 11.5 Å². The summed E-state index contributed by atoms with van der Waals surface area (Å²) < 4.78 is 6.62. The summed E-state index contributed by atoms with van der Waals surface area (Å²) in [6, 6.07) is 4.13. The molecule has 7 rings (SSSR count). The van der Waals surface area contributed by atoms with E-state index in [4.69, 9.17) is 4.74 Å². The SMILES string of the molecule is C=CCN1CC[C@]23c4c5ccc(O)c4O[C@H]2[C@@]2(O)CCC3(C[C@H]2[C@](C)(O)C(C)(C)C)C1C5. The lowest BCUT2D eigenvalue weighted by molar-refractivity contribution is -0.304. The molecule has 0 aromatic heterocycles. The molecule has 1 aromatic rings. The summed E-state index contributed by atoms with van der Waals surface area (Å²) in [6.45, 7) is 13.9. The Kier molecular flexibility index (Phi) is 3.88. The Labute approximate surface area is 191 Å². The van der Waals surface area contributed by atoms with Crippen LogP contribution in [-0.4, -0.2) is 56.7 Å². The third-order valence-electron chi connectivity index (χ3n) is 10.7. The summed E-state index contributed by atoms with van der Waals surface area (Å²) >= 11 is 0. The normalized spacial score (nSPS) is 43.4. The van der Waals surface area contributed by atoms with Gasteiger partial charge in [0.25, 0.3) is 0 Å². The van der Waals surface area contributed by atoms with Crippen molar-refractivity contribution in [2.75, 3.05) is 13.1 Å². The molecule has 4 bridgehead atoms. The maximum absolute atomic E-state index is 12.4. The van der Waals surface area contributed by atoms with Gasteiger partial charge in [-0.15, -0.1) is 6.58 Å². The molecule has 0 amide bonds. The smallest absolute Gasteiger partial charge is 0.165 e. The highest BCUT2D eigenvalue weighted by atomic mass is 16.5. The number of aliphatic hydroxyl groups is 2. The summed E-state index contributed by atoms with van der Waals surface area (Å²) in [5, 5.41) is 35.1. The highest BCUT2D eigenvalue weighted by Gasteiger charge is 2.81. The first-order chi connectivity index (χ1) is 14.9. The topological polar surface area (TPSA) is 73.2 Å². The Morgan fingerprint density at radius 3 is 2.66 bits per heavy atom. The molecule has 4 fully saturated rings. The number of ether oxygens (including phenoxy) is 1. The number of hydrogen-bond acceptors (Lipinski definition) is 5. The van der Waals surface area contributed by atoms with Gasteiger partial charge in [0.1, 0.15) is 11.7 Å². The Bertz CT molecular complexity index is 1010. The van der Waals surface area contributed by atoms with Gasteiger partial charge in [-0.1, -0.05) is 32.9 Å². The van der Waals surface area contributed by atoms with Crippen molar-refractivity contribution in [3.05, 3.63) is 35.9 Å². The van der Waals surface area contributed by atoms with Crippen LogP contribution in [0.4, 0.5) is 0 Å². The molecule has 3 N–H and O–H groups in total. The summed E-state index contributed by atoms with van der Waals surface area (Å²) in [6.07, 6.45) is 5.70. The number of likely N-dealkylation sites (tertiary alicyclic amines) is 1. The molecule has 2 unspecified atom stereocenters. The van der Waals surface area contributed by atoms with Gasteiger partial charge < -0.3 is 20.1 Å². The summed E-state index contributed by atoms with van der Waals surface area (Å²) in [7, 11) is 0. The van der Waals surface area contributed by atoms with E-state index in [9.17, 15) is 15.3 Å². The van der Waals surface area contributed by atoms with Crippen LogP contribution in [0.3, 0.4) is 0 Å². The van der Waals surface area contributed by atoms with Crippen molar-refractivity contribution in [3.63, 3.8) is 0 Å². The van der Waals surface area contributed by atoms with E-state index in [1.807, 2.05) is 13.0 Å². The second-order valence-electron chi connectivity index (χ2n) is 12.5. The van der Waals surface area contributed by atoms with Crippen LogP contribution in [0.5, 0.6) is 11.5 Å². The number of hydrogen-bond donors (Lipinski definition) is 3. The quantitative estimate of drug-likeness (QED) is 0.629. The molecule has 3 saturated carbocycles. The summed E-state index contributed by atoms with van der Waals surface area (Å²) in [4.78, 5) is 2.57. The van der Waals surface area contributed by atoms with E-state index in [-0.39, 0.29) is 22.5 Å². The van der Waals surface area contributed by atoms with Crippen molar-refractivity contribution < 1.29 is 20.1 Å². The number of rotatable bonds is 3. The van der Waals surface area contributed by atoms with Crippen LogP contribution in [-0.2, 0) is 11.8 Å². The molecule has 6 aliphatic rings. The molecule has 174 valence electrons.